The Balaban J connectivity index is 1.52. The molecule has 0 unspecified atom stereocenters. The molecule has 1 atom stereocenters. The minimum absolute atomic E-state index is 0.0686. The van der Waals surface area contributed by atoms with Crippen LogP contribution in [0.15, 0.2) is 70.0 Å². The van der Waals surface area contributed by atoms with Crippen LogP contribution in [0.3, 0.4) is 0 Å². The molecule has 1 heterocycles. The first kappa shape index (κ1) is 21.0. The molecule has 8 heteroatoms. The molecule has 156 valence electrons. The van der Waals surface area contributed by atoms with E-state index in [4.69, 9.17) is 0 Å². The Morgan fingerprint density at radius 3 is 2.60 bits per heavy atom. The highest BCUT2D eigenvalue weighted by Gasteiger charge is 2.33. The summed E-state index contributed by atoms with van der Waals surface area (Å²) >= 11 is 3.18. The van der Waals surface area contributed by atoms with Crippen molar-refractivity contribution >= 4 is 48.3 Å². The van der Waals surface area contributed by atoms with Crippen LogP contribution in [0.5, 0.6) is 0 Å². The predicted molar refractivity (Wildman–Crippen MR) is 118 cm³/mol. The molecule has 0 radical (unpaired) electrons. The third kappa shape index (κ3) is 4.26. The van der Waals surface area contributed by atoms with Gasteiger partial charge >= 0.3 is 0 Å². The first-order chi connectivity index (χ1) is 14.3. The fourth-order valence-corrected chi connectivity index (χ4v) is 5.57. The van der Waals surface area contributed by atoms with E-state index in [0.29, 0.717) is 23.9 Å². The third-order valence-corrected chi connectivity index (χ3v) is 7.66. The fourth-order valence-electron chi connectivity index (χ4n) is 3.68. The topological polar surface area (TPSA) is 66.5 Å². The number of carbonyl (C=O) groups is 1. The highest BCUT2D eigenvalue weighted by Crippen LogP contribution is 2.27. The Kier molecular flexibility index (Phi) is 5.90. The number of sulfonamides is 1. The lowest BCUT2D eigenvalue weighted by atomic mass is 9.98. The number of nitrogens with one attached hydrogen (secondary N) is 1. The minimum Gasteiger partial charge on any atom is -0.323 e. The molecule has 1 saturated heterocycles. The van der Waals surface area contributed by atoms with Gasteiger partial charge in [0, 0.05) is 17.6 Å². The van der Waals surface area contributed by atoms with E-state index in [1.54, 1.807) is 24.3 Å². The molecule has 3 aromatic carbocycles. The quantitative estimate of drug-likeness (QED) is 0.572. The van der Waals surface area contributed by atoms with Crippen LogP contribution in [0.2, 0.25) is 0 Å². The number of hydrogen-bond acceptors (Lipinski definition) is 3. The Bertz CT molecular complexity index is 1220. The van der Waals surface area contributed by atoms with Crippen LogP contribution in [-0.2, 0) is 14.8 Å². The van der Waals surface area contributed by atoms with Gasteiger partial charge in [-0.1, -0.05) is 46.3 Å². The predicted octanol–water partition coefficient (Wildman–Crippen LogP) is 4.78. The van der Waals surface area contributed by atoms with Crippen molar-refractivity contribution in [3.05, 3.63) is 71.0 Å². The maximum Gasteiger partial charge on any atom is 0.243 e. The zero-order chi connectivity index (χ0) is 21.3. The van der Waals surface area contributed by atoms with Crippen LogP contribution >= 0.6 is 15.9 Å². The van der Waals surface area contributed by atoms with E-state index >= 15 is 0 Å². The largest absolute Gasteiger partial charge is 0.323 e. The maximum absolute atomic E-state index is 14.0. The summed E-state index contributed by atoms with van der Waals surface area (Å²) in [7, 11) is -3.73. The molecule has 0 bridgehead atoms. The van der Waals surface area contributed by atoms with Crippen molar-refractivity contribution in [2.75, 3.05) is 18.4 Å². The number of nitrogens with zero attached hydrogens (tertiary/aromatic N) is 1. The van der Waals surface area contributed by atoms with Crippen LogP contribution in [0.25, 0.3) is 10.8 Å². The summed E-state index contributed by atoms with van der Waals surface area (Å²) in [6.07, 6.45) is 1.11. The molecule has 1 amide bonds. The number of anilines is 1. The summed E-state index contributed by atoms with van der Waals surface area (Å²) in [5.74, 6) is -1.47. The molecule has 0 saturated carbocycles. The van der Waals surface area contributed by atoms with Gasteiger partial charge in [0.2, 0.25) is 15.9 Å². The van der Waals surface area contributed by atoms with Gasteiger partial charge in [0.05, 0.1) is 16.5 Å². The summed E-state index contributed by atoms with van der Waals surface area (Å²) in [4.78, 5) is 12.9. The van der Waals surface area contributed by atoms with Gasteiger partial charge in [-0.15, -0.1) is 0 Å². The molecular formula is C22H20BrFN2O3S. The minimum atomic E-state index is -3.73. The average Bonchev–Trinajstić information content (AvgIpc) is 2.75. The van der Waals surface area contributed by atoms with Crippen molar-refractivity contribution in [3.8, 4) is 0 Å². The van der Waals surface area contributed by atoms with E-state index in [1.807, 2.05) is 24.3 Å². The molecule has 4 rings (SSSR count). The average molecular weight is 491 g/mol. The molecule has 1 aliphatic rings. The van der Waals surface area contributed by atoms with Gasteiger partial charge in [-0.25, -0.2) is 12.8 Å². The van der Waals surface area contributed by atoms with Crippen LogP contribution in [-0.4, -0.2) is 31.7 Å². The number of fused-ring (bicyclic) bond motifs is 1. The van der Waals surface area contributed by atoms with Gasteiger partial charge in [-0.05, 0) is 53.9 Å². The molecule has 1 fully saturated rings. The number of amides is 1. The van der Waals surface area contributed by atoms with Crippen molar-refractivity contribution in [1.82, 2.24) is 4.31 Å². The van der Waals surface area contributed by atoms with Crippen molar-refractivity contribution in [2.45, 2.75) is 17.7 Å². The van der Waals surface area contributed by atoms with Crippen molar-refractivity contribution in [1.29, 1.82) is 0 Å². The van der Waals surface area contributed by atoms with Gasteiger partial charge in [0.1, 0.15) is 5.82 Å². The van der Waals surface area contributed by atoms with E-state index < -0.39 is 21.8 Å². The summed E-state index contributed by atoms with van der Waals surface area (Å²) in [5, 5.41) is 4.39. The van der Waals surface area contributed by atoms with E-state index in [1.165, 1.54) is 16.4 Å². The Hall–Kier alpha value is -2.29. The lowest BCUT2D eigenvalue weighted by Gasteiger charge is -2.31. The Morgan fingerprint density at radius 2 is 1.83 bits per heavy atom. The maximum atomic E-state index is 14.0. The molecule has 0 aromatic heterocycles. The monoisotopic (exact) mass is 490 g/mol. The molecule has 1 aliphatic heterocycles. The summed E-state index contributed by atoms with van der Waals surface area (Å²) in [6.45, 7) is 0.421. The smallest absolute Gasteiger partial charge is 0.243 e. The normalized spacial score (nSPS) is 17.7. The van der Waals surface area contributed by atoms with Gasteiger partial charge in [-0.3, -0.25) is 4.79 Å². The number of rotatable bonds is 4. The number of carbonyl (C=O) groups excluding carboxylic acids is 1. The number of hydrogen-bond donors (Lipinski definition) is 1. The fraction of sp³-hybridized carbons (Fsp3) is 0.227. The van der Waals surface area contributed by atoms with Crippen molar-refractivity contribution < 1.29 is 17.6 Å². The second kappa shape index (κ2) is 8.45. The first-order valence-electron chi connectivity index (χ1n) is 9.59. The Morgan fingerprint density at radius 1 is 1.07 bits per heavy atom. The highest BCUT2D eigenvalue weighted by atomic mass is 79.9. The number of benzene rings is 3. The molecule has 0 aliphatic carbocycles. The van der Waals surface area contributed by atoms with E-state index in [2.05, 4.69) is 21.2 Å². The van der Waals surface area contributed by atoms with Gasteiger partial charge in [0.15, 0.2) is 0 Å². The van der Waals surface area contributed by atoms with Crippen molar-refractivity contribution in [2.24, 2.45) is 5.92 Å². The van der Waals surface area contributed by atoms with Gasteiger partial charge in [0.25, 0.3) is 0 Å². The van der Waals surface area contributed by atoms with Gasteiger partial charge in [-0.2, -0.15) is 4.31 Å². The standard InChI is InChI=1S/C22H20BrFN2O3S/c23-18-8-10-21(20(24)13-18)25-22(27)17-6-3-11-26(14-17)30(28,29)19-9-7-15-4-1-2-5-16(15)12-19/h1-2,4-5,7-10,12-13,17H,3,6,11,14H2,(H,25,27)/t17-/m0/s1. The molecule has 1 N–H and O–H groups in total. The molecule has 30 heavy (non-hydrogen) atoms. The second-order valence-electron chi connectivity index (χ2n) is 7.32. The highest BCUT2D eigenvalue weighted by molar-refractivity contribution is 9.10. The van der Waals surface area contributed by atoms with Crippen LogP contribution in [0.4, 0.5) is 10.1 Å². The SMILES string of the molecule is O=C(Nc1ccc(Br)cc1F)[C@H]1CCCN(S(=O)(=O)c2ccc3ccccc3c2)C1. The van der Waals surface area contributed by atoms with Crippen LogP contribution in [0.1, 0.15) is 12.8 Å². The van der Waals surface area contributed by atoms with Crippen LogP contribution in [0, 0.1) is 11.7 Å². The van der Waals surface area contributed by atoms with Crippen LogP contribution < -0.4 is 5.32 Å². The summed E-state index contributed by atoms with van der Waals surface area (Å²) < 4.78 is 42.3. The summed E-state index contributed by atoms with van der Waals surface area (Å²) in [6, 6.07) is 17.0. The number of piperidine rings is 1. The molecule has 3 aromatic rings. The zero-order valence-corrected chi connectivity index (χ0v) is 18.4. The van der Waals surface area contributed by atoms with E-state index in [-0.39, 0.29) is 23.0 Å². The molecule has 0 spiro atoms. The second-order valence-corrected chi connectivity index (χ2v) is 10.2. The van der Waals surface area contributed by atoms with Crippen molar-refractivity contribution in [3.63, 3.8) is 0 Å². The lowest BCUT2D eigenvalue weighted by molar-refractivity contribution is -0.120. The van der Waals surface area contributed by atoms with E-state index in [0.717, 1.165) is 10.8 Å². The first-order valence-corrected chi connectivity index (χ1v) is 11.8. The summed E-state index contributed by atoms with van der Waals surface area (Å²) in [5.41, 5.74) is 0.0812. The molecular weight excluding hydrogens is 471 g/mol. The lowest BCUT2D eigenvalue weighted by Crippen LogP contribution is -2.43. The molecule has 5 nitrogen and oxygen atoms in total. The Labute approximate surface area is 183 Å². The number of halogens is 2. The third-order valence-electron chi connectivity index (χ3n) is 5.30. The zero-order valence-electron chi connectivity index (χ0n) is 16.0. The van der Waals surface area contributed by atoms with Gasteiger partial charge < -0.3 is 5.32 Å². The van der Waals surface area contributed by atoms with E-state index in [9.17, 15) is 17.6 Å².